The second-order valence-corrected chi connectivity index (χ2v) is 6.96. The first-order valence-electron chi connectivity index (χ1n) is 8.85. The van der Waals surface area contributed by atoms with Crippen molar-refractivity contribution >= 4 is 11.8 Å². The van der Waals surface area contributed by atoms with Crippen molar-refractivity contribution in [1.82, 2.24) is 14.7 Å². The van der Waals surface area contributed by atoms with E-state index in [4.69, 9.17) is 9.47 Å². The summed E-state index contributed by atoms with van der Waals surface area (Å²) in [5.74, 6) is 0.241. The number of rotatable bonds is 9. The predicted octanol–water partition coefficient (Wildman–Crippen LogP) is 0.191. The first-order valence-corrected chi connectivity index (χ1v) is 8.85. The maximum atomic E-state index is 11.1. The third-order valence-electron chi connectivity index (χ3n) is 4.78. The lowest BCUT2D eigenvalue weighted by Gasteiger charge is -2.39. The molecule has 0 atom stereocenters. The van der Waals surface area contributed by atoms with Crippen LogP contribution in [0.5, 0.6) is 0 Å². The number of hydrogen-bond donors (Lipinski definition) is 0. The summed E-state index contributed by atoms with van der Waals surface area (Å²) in [4.78, 5) is 28.2. The molecule has 0 saturated carbocycles. The van der Waals surface area contributed by atoms with Gasteiger partial charge in [0.2, 0.25) is 11.8 Å². The molecule has 0 aromatic heterocycles. The molecule has 0 bridgehead atoms. The van der Waals surface area contributed by atoms with E-state index in [1.165, 1.54) is 0 Å². The van der Waals surface area contributed by atoms with E-state index in [2.05, 4.69) is 18.7 Å². The zero-order valence-corrected chi connectivity index (χ0v) is 15.4. The van der Waals surface area contributed by atoms with E-state index in [1.807, 2.05) is 0 Å². The van der Waals surface area contributed by atoms with Crippen molar-refractivity contribution in [2.45, 2.75) is 45.9 Å². The molecule has 138 valence electrons. The molecule has 7 heteroatoms. The van der Waals surface area contributed by atoms with E-state index in [9.17, 15) is 9.59 Å². The monoisotopic (exact) mass is 341 g/mol. The number of amides is 2. The summed E-state index contributed by atoms with van der Waals surface area (Å²) in [6.45, 7) is 13.5. The number of carbonyl (C=O) groups excluding carboxylic acids is 2. The van der Waals surface area contributed by atoms with Gasteiger partial charge in [0, 0.05) is 59.2 Å². The topological polar surface area (TPSA) is 62.3 Å². The first kappa shape index (κ1) is 19.1. The molecular formula is C17H31N3O4. The SMILES string of the molecule is CC(=O)N1CC(OCCN(CCOC2CN(C(C)=O)C2)C(C)C)C1. The van der Waals surface area contributed by atoms with E-state index in [1.54, 1.807) is 23.6 Å². The Morgan fingerprint density at radius 2 is 1.29 bits per heavy atom. The molecule has 0 spiro atoms. The third kappa shape index (κ3) is 5.43. The largest absolute Gasteiger partial charge is 0.373 e. The standard InChI is InChI=1S/C17H31N3O4/c1-13(2)18(5-7-23-16-9-19(10-16)14(3)21)6-8-24-17-11-20(12-17)15(4)22/h13,16-17H,5-12H2,1-4H3. The number of nitrogens with zero attached hydrogens (tertiary/aromatic N) is 3. The van der Waals surface area contributed by atoms with Gasteiger partial charge in [-0.2, -0.15) is 0 Å². The van der Waals surface area contributed by atoms with Crippen LogP contribution in [0.2, 0.25) is 0 Å². The average molecular weight is 341 g/mol. The first-order chi connectivity index (χ1) is 11.4. The highest BCUT2D eigenvalue weighted by Crippen LogP contribution is 2.13. The van der Waals surface area contributed by atoms with E-state index >= 15 is 0 Å². The molecule has 2 aliphatic heterocycles. The van der Waals surface area contributed by atoms with Crippen LogP contribution in [-0.2, 0) is 19.1 Å². The van der Waals surface area contributed by atoms with Gasteiger partial charge >= 0.3 is 0 Å². The van der Waals surface area contributed by atoms with Crippen LogP contribution in [0.3, 0.4) is 0 Å². The molecule has 7 nitrogen and oxygen atoms in total. The Balaban J connectivity index is 1.54. The van der Waals surface area contributed by atoms with Crippen LogP contribution in [0, 0.1) is 0 Å². The zero-order chi connectivity index (χ0) is 17.7. The molecule has 2 saturated heterocycles. The Kier molecular flexibility index (Phi) is 7.01. The van der Waals surface area contributed by atoms with Gasteiger partial charge in [0.25, 0.3) is 0 Å². The third-order valence-corrected chi connectivity index (χ3v) is 4.78. The second-order valence-electron chi connectivity index (χ2n) is 6.96. The van der Waals surface area contributed by atoms with Crippen molar-refractivity contribution in [3.8, 4) is 0 Å². The summed E-state index contributed by atoms with van der Waals surface area (Å²) in [5.41, 5.74) is 0. The average Bonchev–Trinajstić information content (AvgIpc) is 2.39. The molecular weight excluding hydrogens is 310 g/mol. The van der Waals surface area contributed by atoms with Crippen molar-refractivity contribution in [2.24, 2.45) is 0 Å². The van der Waals surface area contributed by atoms with E-state index in [-0.39, 0.29) is 24.0 Å². The summed E-state index contributed by atoms with van der Waals surface area (Å²) in [6.07, 6.45) is 0.374. The fraction of sp³-hybridized carbons (Fsp3) is 0.882. The van der Waals surface area contributed by atoms with Crippen LogP contribution >= 0.6 is 0 Å². The van der Waals surface area contributed by atoms with Crippen LogP contribution in [0.4, 0.5) is 0 Å². The molecule has 0 radical (unpaired) electrons. The van der Waals surface area contributed by atoms with Crippen molar-refractivity contribution in [2.75, 3.05) is 52.5 Å². The Morgan fingerprint density at radius 1 is 0.917 bits per heavy atom. The van der Waals surface area contributed by atoms with Gasteiger partial charge in [-0.15, -0.1) is 0 Å². The van der Waals surface area contributed by atoms with Gasteiger partial charge in [0.1, 0.15) is 0 Å². The van der Waals surface area contributed by atoms with Crippen molar-refractivity contribution in [3.63, 3.8) is 0 Å². The molecule has 0 N–H and O–H groups in total. The van der Waals surface area contributed by atoms with Crippen LogP contribution in [0.1, 0.15) is 27.7 Å². The molecule has 2 amide bonds. The van der Waals surface area contributed by atoms with Crippen LogP contribution in [0.15, 0.2) is 0 Å². The Bertz CT molecular complexity index is 396. The van der Waals surface area contributed by atoms with Gasteiger partial charge in [-0.05, 0) is 13.8 Å². The molecule has 2 aliphatic rings. The zero-order valence-electron chi connectivity index (χ0n) is 15.4. The van der Waals surface area contributed by atoms with Gasteiger partial charge in [-0.25, -0.2) is 0 Å². The molecule has 0 aliphatic carbocycles. The fourth-order valence-electron chi connectivity index (χ4n) is 2.90. The maximum absolute atomic E-state index is 11.1. The van der Waals surface area contributed by atoms with Crippen molar-refractivity contribution in [3.05, 3.63) is 0 Å². The second kappa shape index (κ2) is 8.78. The highest BCUT2D eigenvalue weighted by molar-refractivity contribution is 5.74. The summed E-state index contributed by atoms with van der Waals surface area (Å²) >= 11 is 0. The molecule has 0 aromatic rings. The molecule has 2 rings (SSSR count). The molecule has 0 unspecified atom stereocenters. The quantitative estimate of drug-likeness (QED) is 0.599. The highest BCUT2D eigenvalue weighted by atomic mass is 16.5. The number of ether oxygens (including phenoxy) is 2. The maximum Gasteiger partial charge on any atom is 0.219 e. The number of hydrogen-bond acceptors (Lipinski definition) is 5. The van der Waals surface area contributed by atoms with Gasteiger partial charge < -0.3 is 19.3 Å². The number of likely N-dealkylation sites (tertiary alicyclic amines) is 2. The van der Waals surface area contributed by atoms with Crippen molar-refractivity contribution in [1.29, 1.82) is 0 Å². The van der Waals surface area contributed by atoms with Gasteiger partial charge in [-0.1, -0.05) is 0 Å². The van der Waals surface area contributed by atoms with Crippen LogP contribution in [0.25, 0.3) is 0 Å². The lowest BCUT2D eigenvalue weighted by molar-refractivity contribution is -0.143. The van der Waals surface area contributed by atoms with Gasteiger partial charge in [0.15, 0.2) is 0 Å². The fourth-order valence-corrected chi connectivity index (χ4v) is 2.90. The summed E-state index contributed by atoms with van der Waals surface area (Å²) in [5, 5.41) is 0. The lowest BCUT2D eigenvalue weighted by Crippen LogP contribution is -2.55. The van der Waals surface area contributed by atoms with Gasteiger partial charge in [-0.3, -0.25) is 14.5 Å². The molecule has 2 heterocycles. The highest BCUT2D eigenvalue weighted by Gasteiger charge is 2.30. The summed E-state index contributed by atoms with van der Waals surface area (Å²) in [6, 6.07) is 0.433. The molecule has 0 aromatic carbocycles. The minimum absolute atomic E-state index is 0.120. The minimum atomic E-state index is 0.120. The lowest BCUT2D eigenvalue weighted by atomic mass is 10.1. The Labute approximate surface area is 144 Å². The summed E-state index contributed by atoms with van der Waals surface area (Å²) < 4.78 is 11.6. The predicted molar refractivity (Wildman–Crippen MR) is 90.7 cm³/mol. The van der Waals surface area contributed by atoms with E-state index in [0.717, 1.165) is 13.1 Å². The smallest absolute Gasteiger partial charge is 0.219 e. The normalized spacial score (nSPS) is 18.9. The molecule has 24 heavy (non-hydrogen) atoms. The minimum Gasteiger partial charge on any atom is -0.373 e. The number of carbonyl (C=O) groups is 2. The van der Waals surface area contributed by atoms with Gasteiger partial charge in [0.05, 0.1) is 25.4 Å². The van der Waals surface area contributed by atoms with Crippen LogP contribution in [-0.4, -0.2) is 97.2 Å². The summed E-state index contributed by atoms with van der Waals surface area (Å²) in [7, 11) is 0. The van der Waals surface area contributed by atoms with Crippen molar-refractivity contribution < 1.29 is 19.1 Å². The van der Waals surface area contributed by atoms with E-state index < -0.39 is 0 Å². The Morgan fingerprint density at radius 3 is 1.58 bits per heavy atom. The molecule has 2 fully saturated rings. The Hall–Kier alpha value is -1.18. The van der Waals surface area contributed by atoms with E-state index in [0.29, 0.717) is 45.4 Å². The van der Waals surface area contributed by atoms with Crippen LogP contribution < -0.4 is 0 Å².